The number of amides is 1. The molecule has 6 rings (SSSR count). The summed E-state index contributed by atoms with van der Waals surface area (Å²) in [7, 11) is 1.68. The Balaban J connectivity index is 0.902. The molecule has 8 heteroatoms. The summed E-state index contributed by atoms with van der Waals surface area (Å²) in [5.74, 6) is 4.69. The summed E-state index contributed by atoms with van der Waals surface area (Å²) in [4.78, 5) is 25.7. The number of piperidine rings is 2. The summed E-state index contributed by atoms with van der Waals surface area (Å²) in [6, 6.07) is 4.95. The number of nitrogens with zero attached hydrogens (tertiary/aromatic N) is 4. The van der Waals surface area contributed by atoms with E-state index in [1.165, 1.54) is 31.7 Å². The van der Waals surface area contributed by atoms with E-state index in [1.54, 1.807) is 19.2 Å². The first-order chi connectivity index (χ1) is 18.1. The van der Waals surface area contributed by atoms with E-state index in [9.17, 15) is 9.18 Å². The number of likely N-dealkylation sites (tertiary alicyclic amines) is 1. The summed E-state index contributed by atoms with van der Waals surface area (Å²) in [6.45, 7) is 4.85. The molecule has 1 amide bonds. The van der Waals surface area contributed by atoms with E-state index >= 15 is 0 Å². The van der Waals surface area contributed by atoms with Gasteiger partial charge in [-0.2, -0.15) is 0 Å². The molecule has 4 atom stereocenters. The number of carbonyl (C=O) groups is 1. The van der Waals surface area contributed by atoms with Crippen LogP contribution in [0.3, 0.4) is 0 Å². The van der Waals surface area contributed by atoms with Gasteiger partial charge in [-0.05, 0) is 73.3 Å². The van der Waals surface area contributed by atoms with Crippen molar-refractivity contribution < 1.29 is 18.7 Å². The molecular weight excluding hydrogens is 471 g/mol. The Hall–Kier alpha value is -2.74. The molecule has 37 heavy (non-hydrogen) atoms. The SMILES string of the molecule is COCc1cnc(N2CCC([C@@H]3C[C@@H]3CCOc3ccc(CC(=O)N4CC5CC5C4)c(F)c3)CC2)nc1. The Kier molecular flexibility index (Phi) is 7.02. The fraction of sp³-hybridized carbons (Fsp3) is 0.621. The lowest BCUT2D eigenvalue weighted by Crippen LogP contribution is -2.35. The third kappa shape index (κ3) is 5.74. The van der Waals surface area contributed by atoms with Crippen LogP contribution in [0.15, 0.2) is 30.6 Å². The summed E-state index contributed by atoms with van der Waals surface area (Å²) in [5.41, 5.74) is 1.45. The molecule has 198 valence electrons. The van der Waals surface area contributed by atoms with Crippen LogP contribution in [0.1, 0.15) is 43.2 Å². The van der Waals surface area contributed by atoms with Crippen LogP contribution in [-0.2, 0) is 22.6 Å². The van der Waals surface area contributed by atoms with Crippen molar-refractivity contribution in [2.75, 3.05) is 44.8 Å². The molecule has 2 aliphatic carbocycles. The third-order valence-corrected chi connectivity index (χ3v) is 8.86. The topological polar surface area (TPSA) is 67.8 Å². The quantitative estimate of drug-likeness (QED) is 0.481. The summed E-state index contributed by atoms with van der Waals surface area (Å²) >= 11 is 0. The molecule has 0 spiro atoms. The number of hydrogen-bond acceptors (Lipinski definition) is 6. The van der Waals surface area contributed by atoms with Gasteiger partial charge in [0.1, 0.15) is 11.6 Å². The van der Waals surface area contributed by atoms with Crippen molar-refractivity contribution >= 4 is 11.9 Å². The van der Waals surface area contributed by atoms with Crippen molar-refractivity contribution in [2.45, 2.75) is 45.1 Å². The van der Waals surface area contributed by atoms with Gasteiger partial charge in [-0.3, -0.25) is 4.79 Å². The van der Waals surface area contributed by atoms with Gasteiger partial charge in [0.05, 0.1) is 19.6 Å². The standard InChI is InChI=1S/C29H37FN4O3/c1-36-18-19-14-31-29(32-15-19)33-7-4-20(5-8-33)26-11-21(26)6-9-37-25-3-2-22(27(30)13-25)12-28(35)34-16-23-10-24(23)17-34/h2-3,13-15,20-21,23-24,26H,4-12,16-18H2,1H3/t21-,23?,24?,26-/m0/s1. The number of halogens is 1. The summed E-state index contributed by atoms with van der Waals surface area (Å²) in [6.07, 6.45) is 9.72. The maximum Gasteiger partial charge on any atom is 0.227 e. The number of aromatic nitrogens is 2. The van der Waals surface area contributed by atoms with Gasteiger partial charge in [-0.1, -0.05) is 6.07 Å². The number of rotatable bonds is 10. The molecular formula is C29H37FN4O3. The Morgan fingerprint density at radius 3 is 2.54 bits per heavy atom. The molecule has 2 saturated carbocycles. The first kappa shape index (κ1) is 24.6. The molecule has 3 heterocycles. The molecule has 0 N–H and O–H groups in total. The largest absolute Gasteiger partial charge is 0.493 e. The van der Waals surface area contributed by atoms with Gasteiger partial charge in [-0.25, -0.2) is 14.4 Å². The maximum absolute atomic E-state index is 14.6. The predicted octanol–water partition coefficient (Wildman–Crippen LogP) is 4.10. The van der Waals surface area contributed by atoms with E-state index in [4.69, 9.17) is 9.47 Å². The summed E-state index contributed by atoms with van der Waals surface area (Å²) in [5, 5.41) is 0. The Morgan fingerprint density at radius 1 is 1.08 bits per heavy atom. The number of anilines is 1. The Labute approximate surface area is 218 Å². The minimum atomic E-state index is -0.344. The average molecular weight is 509 g/mol. The third-order valence-electron chi connectivity index (χ3n) is 8.86. The van der Waals surface area contributed by atoms with E-state index in [2.05, 4.69) is 14.9 Å². The normalized spacial score (nSPS) is 26.8. The van der Waals surface area contributed by atoms with Crippen LogP contribution in [0.4, 0.5) is 10.3 Å². The predicted molar refractivity (Wildman–Crippen MR) is 138 cm³/mol. The number of hydrogen-bond donors (Lipinski definition) is 0. The molecule has 1 aromatic heterocycles. The smallest absolute Gasteiger partial charge is 0.227 e. The molecule has 0 radical (unpaired) electrons. The van der Waals surface area contributed by atoms with Crippen molar-refractivity contribution in [3.63, 3.8) is 0 Å². The van der Waals surface area contributed by atoms with Gasteiger partial charge in [0.2, 0.25) is 11.9 Å². The lowest BCUT2D eigenvalue weighted by Gasteiger charge is -2.32. The number of ether oxygens (including phenoxy) is 2. The van der Waals surface area contributed by atoms with E-state index in [0.717, 1.165) is 55.9 Å². The second kappa shape index (κ2) is 10.6. The van der Waals surface area contributed by atoms with Crippen molar-refractivity contribution in [3.8, 4) is 5.75 Å². The molecule has 0 bridgehead atoms. The highest BCUT2D eigenvalue weighted by Crippen LogP contribution is 2.50. The van der Waals surface area contributed by atoms with Gasteiger partial charge in [-0.15, -0.1) is 0 Å². The van der Waals surface area contributed by atoms with Gasteiger partial charge < -0.3 is 19.3 Å². The van der Waals surface area contributed by atoms with Crippen molar-refractivity contribution in [2.24, 2.45) is 29.6 Å². The van der Waals surface area contributed by atoms with Crippen LogP contribution in [0, 0.1) is 35.4 Å². The van der Waals surface area contributed by atoms with Crippen molar-refractivity contribution in [3.05, 3.63) is 47.5 Å². The Bertz CT molecular complexity index is 1090. The number of fused-ring (bicyclic) bond motifs is 1. The molecule has 4 aliphatic rings. The zero-order valence-electron chi connectivity index (χ0n) is 21.7. The lowest BCUT2D eigenvalue weighted by atomic mass is 9.90. The van der Waals surface area contributed by atoms with Crippen LogP contribution in [0.5, 0.6) is 5.75 Å². The number of methoxy groups -OCH3 is 1. The molecule has 2 unspecified atom stereocenters. The van der Waals surface area contributed by atoms with E-state index in [-0.39, 0.29) is 18.1 Å². The lowest BCUT2D eigenvalue weighted by molar-refractivity contribution is -0.130. The highest BCUT2D eigenvalue weighted by Gasteiger charge is 2.46. The van der Waals surface area contributed by atoms with E-state index in [0.29, 0.717) is 42.3 Å². The van der Waals surface area contributed by atoms with Gasteiger partial charge in [0.25, 0.3) is 0 Å². The van der Waals surface area contributed by atoms with Gasteiger partial charge >= 0.3 is 0 Å². The number of carbonyl (C=O) groups excluding carboxylic acids is 1. The van der Waals surface area contributed by atoms with Crippen LogP contribution in [0.25, 0.3) is 0 Å². The molecule has 2 aliphatic heterocycles. The second-order valence-electron chi connectivity index (χ2n) is 11.4. The molecule has 2 saturated heterocycles. The van der Waals surface area contributed by atoms with Crippen molar-refractivity contribution in [1.82, 2.24) is 14.9 Å². The minimum Gasteiger partial charge on any atom is -0.493 e. The van der Waals surface area contributed by atoms with Crippen LogP contribution in [-0.4, -0.2) is 60.7 Å². The monoisotopic (exact) mass is 508 g/mol. The van der Waals surface area contributed by atoms with Crippen LogP contribution < -0.4 is 9.64 Å². The first-order valence-electron chi connectivity index (χ1n) is 13.8. The Morgan fingerprint density at radius 2 is 1.84 bits per heavy atom. The van der Waals surface area contributed by atoms with Crippen LogP contribution >= 0.6 is 0 Å². The second-order valence-corrected chi connectivity index (χ2v) is 11.4. The first-order valence-corrected chi connectivity index (χ1v) is 13.8. The van der Waals surface area contributed by atoms with Gasteiger partial charge in [0.15, 0.2) is 0 Å². The average Bonchev–Trinajstić information content (AvgIpc) is 3.82. The highest BCUT2D eigenvalue weighted by atomic mass is 19.1. The number of benzene rings is 1. The van der Waals surface area contributed by atoms with Crippen LogP contribution in [0.2, 0.25) is 0 Å². The highest BCUT2D eigenvalue weighted by molar-refractivity contribution is 5.79. The zero-order chi connectivity index (χ0) is 25.4. The molecule has 4 fully saturated rings. The van der Waals surface area contributed by atoms with Gasteiger partial charge in [0, 0.05) is 57.3 Å². The fourth-order valence-corrected chi connectivity index (χ4v) is 6.43. The zero-order valence-corrected chi connectivity index (χ0v) is 21.7. The van der Waals surface area contributed by atoms with E-state index < -0.39 is 0 Å². The maximum atomic E-state index is 14.6. The van der Waals surface area contributed by atoms with Crippen molar-refractivity contribution in [1.29, 1.82) is 0 Å². The molecule has 1 aromatic carbocycles. The fourth-order valence-electron chi connectivity index (χ4n) is 6.43. The molecule has 7 nitrogen and oxygen atoms in total. The minimum absolute atomic E-state index is 0.0397. The molecule has 2 aromatic rings. The van der Waals surface area contributed by atoms with E-state index in [1.807, 2.05) is 17.3 Å². The summed E-state index contributed by atoms with van der Waals surface area (Å²) < 4.78 is 25.6.